The number of rotatable bonds is 3. The minimum Gasteiger partial charge on any atom is -0.320 e. The molecule has 0 fully saturated rings. The number of carbonyl (C=O) groups excluding carboxylic acids is 1. The number of benzene rings is 2. The Balaban J connectivity index is 1.94. The fraction of sp³-hybridized carbons (Fsp3) is 0.0526. The molecule has 0 unspecified atom stereocenters. The van der Waals surface area contributed by atoms with Crippen molar-refractivity contribution in [2.45, 2.75) is 6.92 Å². The SMILES string of the molecule is Cc1cccc(-c2ccccc2NC(=O)c2ccccn2)c1. The molecule has 0 aliphatic heterocycles. The Bertz CT molecular complexity index is 797. The number of anilines is 1. The molecule has 1 aromatic heterocycles. The van der Waals surface area contributed by atoms with E-state index in [9.17, 15) is 4.79 Å². The van der Waals surface area contributed by atoms with E-state index in [2.05, 4.69) is 29.4 Å². The number of hydrogen-bond acceptors (Lipinski definition) is 2. The van der Waals surface area contributed by atoms with Gasteiger partial charge < -0.3 is 5.32 Å². The molecule has 0 radical (unpaired) electrons. The number of aryl methyl sites for hydroxylation is 1. The molecule has 3 aromatic rings. The zero-order chi connectivity index (χ0) is 15.4. The second-order valence-electron chi connectivity index (χ2n) is 5.08. The highest BCUT2D eigenvalue weighted by Gasteiger charge is 2.10. The van der Waals surface area contributed by atoms with E-state index in [1.165, 1.54) is 5.56 Å². The molecule has 108 valence electrons. The van der Waals surface area contributed by atoms with Gasteiger partial charge in [-0.05, 0) is 30.7 Å². The van der Waals surface area contributed by atoms with Crippen LogP contribution in [0.25, 0.3) is 11.1 Å². The monoisotopic (exact) mass is 288 g/mol. The molecule has 0 saturated carbocycles. The maximum atomic E-state index is 12.3. The van der Waals surface area contributed by atoms with Crippen molar-refractivity contribution in [2.75, 3.05) is 5.32 Å². The molecule has 0 saturated heterocycles. The summed E-state index contributed by atoms with van der Waals surface area (Å²) in [5.74, 6) is -0.208. The van der Waals surface area contributed by atoms with E-state index in [4.69, 9.17) is 0 Å². The van der Waals surface area contributed by atoms with Gasteiger partial charge in [0.25, 0.3) is 5.91 Å². The smallest absolute Gasteiger partial charge is 0.274 e. The summed E-state index contributed by atoms with van der Waals surface area (Å²) in [6, 6.07) is 21.3. The lowest BCUT2D eigenvalue weighted by atomic mass is 10.0. The molecule has 0 spiro atoms. The van der Waals surface area contributed by atoms with Gasteiger partial charge in [0.15, 0.2) is 0 Å². The van der Waals surface area contributed by atoms with Gasteiger partial charge in [0.1, 0.15) is 5.69 Å². The van der Waals surface area contributed by atoms with Crippen LogP contribution in [0.4, 0.5) is 5.69 Å². The van der Waals surface area contributed by atoms with Gasteiger partial charge in [-0.3, -0.25) is 9.78 Å². The Kier molecular flexibility index (Phi) is 3.97. The Morgan fingerprint density at radius 2 is 1.77 bits per heavy atom. The lowest BCUT2D eigenvalue weighted by Gasteiger charge is -2.11. The molecule has 0 bridgehead atoms. The largest absolute Gasteiger partial charge is 0.320 e. The molecular weight excluding hydrogens is 272 g/mol. The molecule has 3 rings (SSSR count). The lowest BCUT2D eigenvalue weighted by molar-refractivity contribution is 0.102. The number of aromatic nitrogens is 1. The maximum Gasteiger partial charge on any atom is 0.274 e. The van der Waals surface area contributed by atoms with E-state index in [0.29, 0.717) is 5.69 Å². The van der Waals surface area contributed by atoms with Crippen molar-refractivity contribution in [1.82, 2.24) is 4.98 Å². The van der Waals surface area contributed by atoms with Crippen molar-refractivity contribution >= 4 is 11.6 Å². The minimum absolute atomic E-state index is 0.208. The third kappa shape index (κ3) is 3.04. The first-order valence-electron chi connectivity index (χ1n) is 7.12. The van der Waals surface area contributed by atoms with Crippen molar-refractivity contribution in [3.05, 3.63) is 84.2 Å². The number of nitrogens with one attached hydrogen (secondary N) is 1. The number of hydrogen-bond donors (Lipinski definition) is 1. The van der Waals surface area contributed by atoms with Gasteiger partial charge >= 0.3 is 0 Å². The van der Waals surface area contributed by atoms with Crippen LogP contribution in [-0.2, 0) is 0 Å². The molecule has 3 heteroatoms. The van der Waals surface area contributed by atoms with Crippen molar-refractivity contribution in [1.29, 1.82) is 0 Å². The van der Waals surface area contributed by atoms with E-state index < -0.39 is 0 Å². The van der Waals surface area contributed by atoms with Crippen LogP contribution in [0.3, 0.4) is 0 Å². The molecule has 1 heterocycles. The topological polar surface area (TPSA) is 42.0 Å². The first-order valence-corrected chi connectivity index (χ1v) is 7.12. The van der Waals surface area contributed by atoms with Crippen molar-refractivity contribution in [2.24, 2.45) is 0 Å². The summed E-state index contributed by atoms with van der Waals surface area (Å²) in [4.78, 5) is 16.4. The molecule has 1 amide bonds. The van der Waals surface area contributed by atoms with Crippen LogP contribution in [-0.4, -0.2) is 10.9 Å². The number of carbonyl (C=O) groups is 1. The van der Waals surface area contributed by atoms with E-state index in [1.54, 1.807) is 24.4 Å². The fourth-order valence-corrected chi connectivity index (χ4v) is 2.34. The minimum atomic E-state index is -0.208. The summed E-state index contributed by atoms with van der Waals surface area (Å²) < 4.78 is 0. The highest BCUT2D eigenvalue weighted by Crippen LogP contribution is 2.28. The Morgan fingerprint density at radius 3 is 2.55 bits per heavy atom. The molecule has 0 aliphatic carbocycles. The number of amides is 1. The van der Waals surface area contributed by atoms with Crippen molar-refractivity contribution in [3.8, 4) is 11.1 Å². The van der Waals surface area contributed by atoms with Crippen LogP contribution in [0.15, 0.2) is 72.9 Å². The zero-order valence-electron chi connectivity index (χ0n) is 12.3. The molecule has 2 aromatic carbocycles. The maximum absolute atomic E-state index is 12.3. The van der Waals surface area contributed by atoms with Crippen LogP contribution in [0.2, 0.25) is 0 Å². The number of para-hydroxylation sites is 1. The van der Waals surface area contributed by atoms with Crippen molar-refractivity contribution in [3.63, 3.8) is 0 Å². The van der Waals surface area contributed by atoms with Gasteiger partial charge in [-0.2, -0.15) is 0 Å². The van der Waals surface area contributed by atoms with Gasteiger partial charge in [-0.15, -0.1) is 0 Å². The predicted molar refractivity (Wildman–Crippen MR) is 88.8 cm³/mol. The van der Waals surface area contributed by atoms with E-state index in [-0.39, 0.29) is 5.91 Å². The van der Waals surface area contributed by atoms with Gasteiger partial charge in [0, 0.05) is 17.4 Å². The second kappa shape index (κ2) is 6.22. The lowest BCUT2D eigenvalue weighted by Crippen LogP contribution is -2.13. The summed E-state index contributed by atoms with van der Waals surface area (Å²) in [6.07, 6.45) is 1.61. The van der Waals surface area contributed by atoms with E-state index >= 15 is 0 Å². The summed E-state index contributed by atoms with van der Waals surface area (Å²) in [5.41, 5.74) is 4.45. The number of pyridine rings is 1. The predicted octanol–water partition coefficient (Wildman–Crippen LogP) is 4.31. The highest BCUT2D eigenvalue weighted by molar-refractivity contribution is 6.05. The molecule has 22 heavy (non-hydrogen) atoms. The molecular formula is C19H16N2O. The van der Waals surface area contributed by atoms with Gasteiger partial charge in [0.05, 0.1) is 0 Å². The molecule has 1 N–H and O–H groups in total. The summed E-state index contributed by atoms with van der Waals surface area (Å²) in [5, 5.41) is 2.94. The van der Waals surface area contributed by atoms with Crippen molar-refractivity contribution < 1.29 is 4.79 Å². The standard InChI is InChI=1S/C19H16N2O/c1-14-7-6-8-15(13-14)16-9-2-3-10-17(16)21-19(22)18-11-4-5-12-20-18/h2-13H,1H3,(H,21,22). The van der Waals surface area contributed by atoms with Crippen LogP contribution in [0, 0.1) is 6.92 Å². The van der Waals surface area contributed by atoms with Crippen LogP contribution in [0.1, 0.15) is 16.1 Å². The van der Waals surface area contributed by atoms with Gasteiger partial charge in [-0.25, -0.2) is 0 Å². The summed E-state index contributed by atoms with van der Waals surface area (Å²) in [7, 11) is 0. The summed E-state index contributed by atoms with van der Waals surface area (Å²) in [6.45, 7) is 2.05. The van der Waals surface area contributed by atoms with E-state index in [0.717, 1.165) is 16.8 Å². The second-order valence-corrected chi connectivity index (χ2v) is 5.08. The Hall–Kier alpha value is -2.94. The summed E-state index contributed by atoms with van der Waals surface area (Å²) >= 11 is 0. The first kappa shape index (κ1) is 14.0. The quantitative estimate of drug-likeness (QED) is 0.780. The number of nitrogens with zero attached hydrogens (tertiary/aromatic N) is 1. The third-order valence-corrected chi connectivity index (χ3v) is 3.40. The molecule has 0 aliphatic rings. The van der Waals surface area contributed by atoms with Crippen LogP contribution >= 0.6 is 0 Å². The highest BCUT2D eigenvalue weighted by atomic mass is 16.1. The van der Waals surface area contributed by atoms with Gasteiger partial charge in [0.2, 0.25) is 0 Å². The average molecular weight is 288 g/mol. The third-order valence-electron chi connectivity index (χ3n) is 3.40. The normalized spacial score (nSPS) is 10.2. The Morgan fingerprint density at radius 1 is 0.955 bits per heavy atom. The van der Waals surface area contributed by atoms with Gasteiger partial charge in [-0.1, -0.05) is 54.1 Å². The molecule has 0 atom stereocenters. The van der Waals surface area contributed by atoms with Crippen LogP contribution in [0.5, 0.6) is 0 Å². The zero-order valence-corrected chi connectivity index (χ0v) is 12.3. The molecule has 3 nitrogen and oxygen atoms in total. The van der Waals surface area contributed by atoms with E-state index in [1.807, 2.05) is 36.4 Å². The first-order chi connectivity index (χ1) is 10.7. The fourth-order valence-electron chi connectivity index (χ4n) is 2.34. The van der Waals surface area contributed by atoms with Crippen LogP contribution < -0.4 is 5.32 Å². The average Bonchev–Trinajstić information content (AvgIpc) is 2.56. The Labute approximate surface area is 129 Å².